The molecule has 6 rings (SSSR count). The fraction of sp³-hybridized carbons (Fsp3) is 0.148. The summed E-state index contributed by atoms with van der Waals surface area (Å²) in [5, 5.41) is 5.50. The Morgan fingerprint density at radius 3 is 2.32 bits per heavy atom. The Morgan fingerprint density at radius 2 is 1.62 bits per heavy atom. The number of ether oxygens (including phenoxy) is 4. The Hall–Kier alpha value is -4.12. The van der Waals surface area contributed by atoms with E-state index in [0.29, 0.717) is 6.61 Å². The summed E-state index contributed by atoms with van der Waals surface area (Å²) in [6.45, 7) is 0.752. The molecule has 10 heteroatoms. The van der Waals surface area contributed by atoms with E-state index in [4.69, 9.17) is 36.5 Å². The lowest BCUT2D eigenvalue weighted by molar-refractivity contribution is -0.642. The molecule has 5 aromatic rings. The minimum absolute atomic E-state index is 0.265. The van der Waals surface area contributed by atoms with Crippen LogP contribution < -0.4 is 23.5 Å². The normalized spacial score (nSPS) is 12.4. The lowest BCUT2D eigenvalue weighted by Crippen LogP contribution is -2.28. The lowest BCUT2D eigenvalue weighted by atomic mass is 10.00. The zero-order chi connectivity index (χ0) is 26.2. The van der Waals surface area contributed by atoms with Crippen LogP contribution >= 0.6 is 0 Å². The van der Waals surface area contributed by atoms with E-state index in [9.17, 15) is 0 Å². The number of rotatable bonds is 4. The number of hydrogen-bond acceptors (Lipinski definition) is 7. The highest BCUT2D eigenvalue weighted by Gasteiger charge is 2.22. The molecule has 1 aliphatic rings. The Bertz CT molecular complexity index is 1730. The number of fused-ring (bicyclic) bond motifs is 6. The van der Waals surface area contributed by atoms with Gasteiger partial charge in [-0.2, -0.15) is 4.57 Å². The van der Waals surface area contributed by atoms with Crippen molar-refractivity contribution < 1.29 is 41.0 Å². The molecule has 0 bridgehead atoms. The zero-order valence-electron chi connectivity index (χ0n) is 20.0. The van der Waals surface area contributed by atoms with Crippen molar-refractivity contribution in [2.24, 2.45) is 7.05 Å². The Kier molecular flexibility index (Phi) is 6.46. The van der Waals surface area contributed by atoms with Crippen LogP contribution in [0.25, 0.3) is 32.4 Å². The van der Waals surface area contributed by atoms with Crippen LogP contribution in [0.3, 0.4) is 0 Å². The Balaban J connectivity index is 0.000000514. The van der Waals surface area contributed by atoms with Gasteiger partial charge >= 0.3 is 0 Å². The molecule has 2 heterocycles. The monoisotopic (exact) mass is 521 g/mol. The first-order chi connectivity index (χ1) is 17.7. The van der Waals surface area contributed by atoms with Crippen molar-refractivity contribution >= 4 is 42.8 Å². The van der Waals surface area contributed by atoms with E-state index >= 15 is 0 Å². The van der Waals surface area contributed by atoms with Gasteiger partial charge in [-0.25, -0.2) is 8.42 Å². The van der Waals surface area contributed by atoms with Gasteiger partial charge in [0.25, 0.3) is 0 Å². The van der Waals surface area contributed by atoms with Gasteiger partial charge in [0.1, 0.15) is 13.7 Å². The minimum Gasteiger partial charge on any atom is -0.726 e. The maximum Gasteiger partial charge on any atom is 0.231 e. The number of pyridine rings is 1. The van der Waals surface area contributed by atoms with Gasteiger partial charge in [0, 0.05) is 5.39 Å². The van der Waals surface area contributed by atoms with Crippen LogP contribution in [0.1, 0.15) is 5.56 Å². The third kappa shape index (κ3) is 5.08. The molecule has 1 aliphatic heterocycles. The predicted molar refractivity (Wildman–Crippen MR) is 136 cm³/mol. The highest BCUT2D eigenvalue weighted by atomic mass is 32.3. The van der Waals surface area contributed by atoms with Crippen molar-refractivity contribution in [2.45, 2.75) is 6.61 Å². The third-order valence-corrected chi connectivity index (χ3v) is 6.05. The summed E-state index contributed by atoms with van der Waals surface area (Å²) in [5.41, 5.74) is 2.25. The van der Waals surface area contributed by atoms with Crippen molar-refractivity contribution in [2.75, 3.05) is 13.9 Å². The maximum absolute atomic E-state index is 8.63. The molecule has 0 saturated heterocycles. The lowest BCUT2D eigenvalue weighted by Gasteiger charge is -2.14. The van der Waals surface area contributed by atoms with Crippen LogP contribution in [0, 0.1) is 0 Å². The molecule has 0 fully saturated rings. The number of methoxy groups -OCH3 is 1. The number of aryl methyl sites for hydroxylation is 1. The van der Waals surface area contributed by atoms with Gasteiger partial charge in [-0.15, -0.1) is 0 Å². The van der Waals surface area contributed by atoms with Crippen molar-refractivity contribution in [3.8, 4) is 23.0 Å². The topological polar surface area (TPSA) is 118 Å². The van der Waals surface area contributed by atoms with Gasteiger partial charge in [0.15, 0.2) is 29.2 Å². The molecule has 0 amide bonds. The summed E-state index contributed by atoms with van der Waals surface area (Å²) >= 11 is 0. The van der Waals surface area contributed by atoms with E-state index in [-0.39, 0.29) is 6.79 Å². The van der Waals surface area contributed by atoms with Gasteiger partial charge < -0.3 is 23.5 Å². The molecule has 37 heavy (non-hydrogen) atoms. The number of nitrogens with zero attached hydrogens (tertiary/aromatic N) is 1. The molecule has 1 aromatic heterocycles. The van der Waals surface area contributed by atoms with Crippen LogP contribution in [-0.2, 0) is 24.1 Å². The second-order valence-corrected chi connectivity index (χ2v) is 9.24. The van der Waals surface area contributed by atoms with Crippen molar-refractivity contribution in [1.82, 2.24) is 0 Å². The first-order valence-corrected chi connectivity index (χ1v) is 12.6. The molecular weight excluding hydrogens is 498 g/mol. The average molecular weight is 522 g/mol. The van der Waals surface area contributed by atoms with Crippen LogP contribution in [0.15, 0.2) is 72.9 Å². The molecule has 0 radical (unpaired) electrons. The van der Waals surface area contributed by atoms with E-state index in [1.54, 1.807) is 7.11 Å². The van der Waals surface area contributed by atoms with E-state index in [1.807, 2.05) is 30.3 Å². The average Bonchev–Trinajstić information content (AvgIpc) is 3.32. The summed E-state index contributed by atoms with van der Waals surface area (Å²) in [6.07, 6.45) is 2.11. The summed E-state index contributed by atoms with van der Waals surface area (Å²) < 4.78 is 58.1. The Labute approximate surface area is 213 Å². The minimum atomic E-state index is -4.92. The third-order valence-electron chi connectivity index (χ3n) is 6.05. The van der Waals surface area contributed by atoms with Crippen LogP contribution in [0.5, 0.6) is 23.0 Å². The SMILES string of the molecule is COc1c(OCc2ccccc2)ccc2c1c[n+](C)c1c3cc4c(cc3ccc21)OCO4.O=S(=O)([O-])O. The molecule has 4 aromatic carbocycles. The molecule has 0 unspecified atom stereocenters. The molecule has 9 nitrogen and oxygen atoms in total. The van der Waals surface area contributed by atoms with Gasteiger partial charge in [-0.1, -0.05) is 36.4 Å². The molecular formula is C27H23NO8S. The highest BCUT2D eigenvalue weighted by molar-refractivity contribution is 7.79. The van der Waals surface area contributed by atoms with E-state index in [0.717, 1.165) is 61.0 Å². The molecule has 1 N–H and O–H groups in total. The molecule has 0 saturated carbocycles. The largest absolute Gasteiger partial charge is 0.726 e. The smallest absolute Gasteiger partial charge is 0.231 e. The first kappa shape index (κ1) is 24.6. The van der Waals surface area contributed by atoms with Crippen molar-refractivity contribution in [3.05, 3.63) is 78.5 Å². The molecule has 0 aliphatic carbocycles. The maximum atomic E-state index is 8.63. The van der Waals surface area contributed by atoms with Gasteiger partial charge in [0.05, 0.1) is 23.3 Å². The van der Waals surface area contributed by atoms with Gasteiger partial charge in [-0.3, -0.25) is 4.55 Å². The standard InChI is InChI=1S/C27H22NO4.H2O4S/c1-28-14-22-19(10-11-23(27(22)29-2)30-15-17-6-4-3-5-7-17)20-9-8-18-12-24-25(32-16-31-24)13-21(18)26(20)28;1-5(2,3)4/h3-14H,15-16H2,1-2H3;(H2,1,2,3,4)/q+1;/p-1. The summed E-state index contributed by atoms with van der Waals surface area (Å²) in [5.74, 6) is 3.04. The van der Waals surface area contributed by atoms with Gasteiger partial charge in [-0.05, 0) is 41.3 Å². The van der Waals surface area contributed by atoms with Crippen LogP contribution in [0.4, 0.5) is 0 Å². The predicted octanol–water partition coefficient (Wildman–Crippen LogP) is 4.29. The van der Waals surface area contributed by atoms with E-state index < -0.39 is 10.4 Å². The summed E-state index contributed by atoms with van der Waals surface area (Å²) in [4.78, 5) is 0. The molecule has 190 valence electrons. The second kappa shape index (κ2) is 9.74. The number of benzene rings is 4. The van der Waals surface area contributed by atoms with Crippen molar-refractivity contribution in [1.29, 1.82) is 0 Å². The molecule has 0 atom stereocenters. The molecule has 0 spiro atoms. The fourth-order valence-corrected chi connectivity index (χ4v) is 4.56. The number of hydrogen-bond donors (Lipinski definition) is 1. The first-order valence-electron chi connectivity index (χ1n) is 11.2. The van der Waals surface area contributed by atoms with E-state index in [1.165, 1.54) is 0 Å². The summed E-state index contributed by atoms with van der Waals surface area (Å²) in [7, 11) is -1.17. The van der Waals surface area contributed by atoms with E-state index in [2.05, 4.69) is 54.2 Å². The second-order valence-electron chi connectivity index (χ2n) is 8.39. The van der Waals surface area contributed by atoms with Crippen LogP contribution in [-0.4, -0.2) is 31.4 Å². The zero-order valence-corrected chi connectivity index (χ0v) is 20.8. The summed E-state index contributed by atoms with van der Waals surface area (Å²) in [6, 6.07) is 22.6. The van der Waals surface area contributed by atoms with Crippen molar-refractivity contribution in [3.63, 3.8) is 0 Å². The highest BCUT2D eigenvalue weighted by Crippen LogP contribution is 2.41. The fourth-order valence-electron chi connectivity index (χ4n) is 4.56. The van der Waals surface area contributed by atoms with Crippen LogP contribution in [0.2, 0.25) is 0 Å². The quantitative estimate of drug-likeness (QED) is 0.161. The Morgan fingerprint density at radius 1 is 0.946 bits per heavy atom. The van der Waals surface area contributed by atoms with Gasteiger partial charge in [0.2, 0.25) is 22.7 Å². The number of aromatic nitrogens is 1.